The number of halogens is 6. The molecule has 0 spiro atoms. The van der Waals surface area contributed by atoms with Gasteiger partial charge in [-0.25, -0.2) is 0 Å². The summed E-state index contributed by atoms with van der Waals surface area (Å²) in [7, 11) is 0. The van der Waals surface area contributed by atoms with Crippen LogP contribution in [0.5, 0.6) is 0 Å². The summed E-state index contributed by atoms with van der Waals surface area (Å²) < 4.78 is 37.8. The Labute approximate surface area is 115 Å². The zero-order valence-electron chi connectivity index (χ0n) is 7.24. The van der Waals surface area contributed by atoms with Gasteiger partial charge in [0.05, 0.1) is 7.57 Å². The predicted octanol–water partition coefficient (Wildman–Crippen LogP) is 6.05. The van der Waals surface area contributed by atoms with Gasteiger partial charge in [-0.05, 0) is 49.9 Å². The summed E-state index contributed by atoms with van der Waals surface area (Å²) in [6.07, 6.45) is -4.82. The lowest BCUT2D eigenvalue weighted by atomic mass is 10.1. The Balaban J connectivity index is 2.61. The van der Waals surface area contributed by atoms with E-state index in [9.17, 15) is 13.2 Å². The zero-order chi connectivity index (χ0) is 11.6. The first-order valence-corrected chi connectivity index (χ1v) is 7.27. The van der Waals surface area contributed by atoms with Gasteiger partial charge in [-0.15, -0.1) is 11.3 Å². The molecule has 1 unspecified atom stereocenters. The van der Waals surface area contributed by atoms with Crippen LogP contribution in [0.3, 0.4) is 0 Å². The van der Waals surface area contributed by atoms with Crippen molar-refractivity contribution < 1.29 is 13.2 Å². The van der Waals surface area contributed by atoms with Crippen molar-refractivity contribution in [1.29, 1.82) is 0 Å². The molecule has 0 N–H and O–H groups in total. The zero-order valence-corrected chi connectivity index (χ0v) is 12.8. The predicted molar refractivity (Wildman–Crippen MR) is 66.7 cm³/mol. The van der Waals surface area contributed by atoms with Crippen LogP contribution in [0.1, 0.15) is 23.2 Å². The molecule has 7 heteroatoms. The van der Waals surface area contributed by atoms with E-state index in [0.717, 1.165) is 13.1 Å². The Morgan fingerprint density at radius 3 is 2.33 bits per heavy atom. The van der Waals surface area contributed by atoms with Crippen LogP contribution in [0.4, 0.5) is 13.2 Å². The lowest BCUT2D eigenvalue weighted by Gasteiger charge is -2.10. The van der Waals surface area contributed by atoms with Gasteiger partial charge in [0.15, 0.2) is 0 Å². The van der Waals surface area contributed by atoms with Crippen molar-refractivity contribution in [3.05, 3.63) is 19.2 Å². The van der Waals surface area contributed by atoms with E-state index >= 15 is 0 Å². The fourth-order valence-corrected chi connectivity index (χ4v) is 5.04. The molecular weight excluding hydrogens is 425 g/mol. The molecule has 0 saturated heterocycles. The fraction of sp³-hybridized carbons (Fsp3) is 0.500. The monoisotopic (exact) mass is 428 g/mol. The Hall–Kier alpha value is 0.930. The van der Waals surface area contributed by atoms with Gasteiger partial charge in [-0.2, -0.15) is 13.2 Å². The Morgan fingerprint density at radius 1 is 1.33 bits per heavy atom. The average molecular weight is 431 g/mol. The van der Waals surface area contributed by atoms with Crippen LogP contribution in [0.15, 0.2) is 13.6 Å². The van der Waals surface area contributed by atoms with E-state index in [1.807, 2.05) is 6.07 Å². The topological polar surface area (TPSA) is 0 Å². The SMILES string of the molecule is FC(F)(F)CCC(Br)c1cc(Br)sc1Br. The minimum absolute atomic E-state index is 0.0469. The first-order chi connectivity index (χ1) is 6.79. The van der Waals surface area contributed by atoms with Gasteiger partial charge in [0.25, 0.3) is 0 Å². The maximum Gasteiger partial charge on any atom is 0.389 e. The van der Waals surface area contributed by atoms with Gasteiger partial charge in [0.1, 0.15) is 0 Å². The summed E-state index contributed by atoms with van der Waals surface area (Å²) in [6, 6.07) is 1.82. The van der Waals surface area contributed by atoms with Crippen molar-refractivity contribution in [3.8, 4) is 0 Å². The normalized spacial score (nSPS) is 14.3. The second-order valence-corrected chi connectivity index (χ2v) is 7.76. The average Bonchev–Trinajstić information content (AvgIpc) is 2.40. The van der Waals surface area contributed by atoms with E-state index < -0.39 is 12.6 Å². The second-order valence-electron chi connectivity index (χ2n) is 2.90. The van der Waals surface area contributed by atoms with Gasteiger partial charge in [-0.3, -0.25) is 0 Å². The molecule has 1 aromatic rings. The van der Waals surface area contributed by atoms with Crippen molar-refractivity contribution in [2.24, 2.45) is 0 Å². The largest absolute Gasteiger partial charge is 0.389 e. The quantitative estimate of drug-likeness (QED) is 0.512. The van der Waals surface area contributed by atoms with E-state index in [0.29, 0.717) is 0 Å². The highest BCUT2D eigenvalue weighted by atomic mass is 79.9. The van der Waals surface area contributed by atoms with Gasteiger partial charge in [-0.1, -0.05) is 15.9 Å². The molecule has 0 amide bonds. The molecule has 1 rings (SSSR count). The molecule has 0 radical (unpaired) electrons. The third-order valence-electron chi connectivity index (χ3n) is 1.70. The minimum atomic E-state index is -4.09. The highest BCUT2D eigenvalue weighted by molar-refractivity contribution is 9.12. The lowest BCUT2D eigenvalue weighted by Crippen LogP contribution is -2.08. The van der Waals surface area contributed by atoms with E-state index in [1.165, 1.54) is 11.3 Å². The van der Waals surface area contributed by atoms with Crippen LogP contribution in [0, 0.1) is 0 Å². The molecule has 0 aliphatic heterocycles. The first kappa shape index (κ1) is 14.0. The summed E-state index contributed by atoms with van der Waals surface area (Å²) in [6.45, 7) is 0. The molecule has 0 aliphatic rings. The number of hydrogen-bond acceptors (Lipinski definition) is 1. The molecule has 1 atom stereocenters. The van der Waals surface area contributed by atoms with Crippen molar-refractivity contribution in [2.75, 3.05) is 0 Å². The van der Waals surface area contributed by atoms with Crippen molar-refractivity contribution >= 4 is 59.1 Å². The van der Waals surface area contributed by atoms with Gasteiger partial charge in [0, 0.05) is 11.2 Å². The summed E-state index contributed by atoms with van der Waals surface area (Å²) >= 11 is 11.3. The summed E-state index contributed by atoms with van der Waals surface area (Å²) in [5, 5.41) is 0. The Morgan fingerprint density at radius 2 is 1.93 bits per heavy atom. The summed E-state index contributed by atoms with van der Waals surface area (Å²) in [5.74, 6) is 0. The molecule has 0 nitrogen and oxygen atoms in total. The van der Waals surface area contributed by atoms with Crippen molar-refractivity contribution in [1.82, 2.24) is 0 Å². The number of hydrogen-bond donors (Lipinski definition) is 0. The maximum absolute atomic E-state index is 12.0. The van der Waals surface area contributed by atoms with Gasteiger partial charge >= 0.3 is 6.18 Å². The van der Waals surface area contributed by atoms with Crippen LogP contribution < -0.4 is 0 Å². The number of rotatable bonds is 3. The van der Waals surface area contributed by atoms with Crippen LogP contribution >= 0.6 is 59.1 Å². The van der Waals surface area contributed by atoms with Crippen LogP contribution in [0.2, 0.25) is 0 Å². The van der Waals surface area contributed by atoms with Crippen molar-refractivity contribution in [2.45, 2.75) is 23.8 Å². The molecular formula is C8H6Br3F3S. The number of thiophene rings is 1. The van der Waals surface area contributed by atoms with Crippen molar-refractivity contribution in [3.63, 3.8) is 0 Å². The minimum Gasteiger partial charge on any atom is -0.171 e. The third-order valence-corrected chi connectivity index (χ3v) is 5.04. The van der Waals surface area contributed by atoms with E-state index in [-0.39, 0.29) is 11.2 Å². The molecule has 0 bridgehead atoms. The molecule has 0 aliphatic carbocycles. The third kappa shape index (κ3) is 4.75. The van der Waals surface area contributed by atoms with Gasteiger partial charge < -0.3 is 0 Å². The molecule has 0 saturated carbocycles. The molecule has 0 fully saturated rings. The van der Waals surface area contributed by atoms with Crippen LogP contribution in [-0.2, 0) is 0 Å². The van der Waals surface area contributed by atoms with Crippen LogP contribution in [0.25, 0.3) is 0 Å². The molecule has 1 aromatic heterocycles. The lowest BCUT2D eigenvalue weighted by molar-refractivity contribution is -0.135. The smallest absolute Gasteiger partial charge is 0.171 e. The second kappa shape index (κ2) is 5.51. The molecule has 86 valence electrons. The maximum atomic E-state index is 12.0. The highest BCUT2D eigenvalue weighted by Crippen LogP contribution is 2.41. The standard InChI is InChI=1S/C8H6Br3F3S/c9-5(1-2-8(12,13)14)4-3-6(10)15-7(4)11/h3,5H,1-2H2. The van der Waals surface area contributed by atoms with E-state index in [2.05, 4.69) is 47.8 Å². The summed E-state index contributed by atoms with van der Waals surface area (Å²) in [5.41, 5.74) is 0.858. The Bertz CT molecular complexity index is 334. The first-order valence-electron chi connectivity index (χ1n) is 3.95. The van der Waals surface area contributed by atoms with Crippen LogP contribution in [-0.4, -0.2) is 6.18 Å². The van der Waals surface area contributed by atoms with E-state index in [1.54, 1.807) is 0 Å². The molecule has 1 heterocycles. The fourth-order valence-electron chi connectivity index (χ4n) is 1.01. The highest BCUT2D eigenvalue weighted by Gasteiger charge is 2.28. The van der Waals surface area contributed by atoms with Gasteiger partial charge in [0.2, 0.25) is 0 Å². The summed E-state index contributed by atoms with van der Waals surface area (Å²) in [4.78, 5) is -0.268. The molecule has 15 heavy (non-hydrogen) atoms. The Kier molecular flexibility index (Phi) is 5.14. The molecule has 0 aromatic carbocycles. The number of alkyl halides is 4. The van der Waals surface area contributed by atoms with E-state index in [4.69, 9.17) is 0 Å².